The van der Waals surface area contributed by atoms with E-state index in [2.05, 4.69) is 20.8 Å². The fourth-order valence-electron chi connectivity index (χ4n) is 3.77. The summed E-state index contributed by atoms with van der Waals surface area (Å²) in [6.45, 7) is 6.78. The summed E-state index contributed by atoms with van der Waals surface area (Å²) in [5.74, 6) is 3.88. The topological polar surface area (TPSA) is 52.0 Å². The molecule has 4 N–H and O–H groups in total. The minimum atomic E-state index is 0.336. The van der Waals surface area contributed by atoms with Gasteiger partial charge in [-0.1, -0.05) is 13.8 Å². The Hall–Kier alpha value is -0.0800. The van der Waals surface area contributed by atoms with E-state index in [4.69, 9.17) is 11.5 Å². The molecule has 0 aromatic carbocycles. The minimum Gasteiger partial charge on any atom is -0.328 e. The first-order valence-electron chi connectivity index (χ1n) is 6.03. The smallest absolute Gasteiger partial charge is 0.00959 e. The second-order valence-electron chi connectivity index (χ2n) is 5.71. The predicted octanol–water partition coefficient (Wildman–Crippen LogP) is 1.59. The van der Waals surface area contributed by atoms with Gasteiger partial charge in [-0.15, -0.1) is 0 Å². The lowest BCUT2D eigenvalue weighted by Crippen LogP contribution is -2.41. The Balaban J connectivity index is 2.06. The normalized spacial score (nSPS) is 50.8. The van der Waals surface area contributed by atoms with E-state index in [0.717, 1.165) is 23.7 Å². The molecule has 2 aliphatic rings. The van der Waals surface area contributed by atoms with E-state index in [9.17, 15) is 0 Å². The highest BCUT2D eigenvalue weighted by Gasteiger charge is 2.50. The van der Waals surface area contributed by atoms with E-state index < -0.39 is 0 Å². The largest absolute Gasteiger partial charge is 0.328 e. The summed E-state index contributed by atoms with van der Waals surface area (Å²) in [6, 6.07) is 0.805. The van der Waals surface area contributed by atoms with Crippen molar-refractivity contribution in [3.63, 3.8) is 0 Å². The molecule has 0 radical (unpaired) electrons. The molecule has 2 aliphatic carbocycles. The maximum atomic E-state index is 6.17. The van der Waals surface area contributed by atoms with Crippen LogP contribution in [0.4, 0.5) is 0 Å². The van der Waals surface area contributed by atoms with Gasteiger partial charge in [-0.2, -0.15) is 0 Å². The molecular weight excluding hydrogens is 172 g/mol. The van der Waals surface area contributed by atoms with Crippen LogP contribution in [0.25, 0.3) is 0 Å². The van der Waals surface area contributed by atoms with Crippen molar-refractivity contribution in [1.29, 1.82) is 0 Å². The van der Waals surface area contributed by atoms with Crippen molar-refractivity contribution < 1.29 is 0 Å². The quantitative estimate of drug-likeness (QED) is 0.704. The standard InChI is InChI=1S/C12H24N2/c1-6(8(3)13)10-4-9-5-11(10)7(2)12(9)14/h6-12H,4-5,13-14H2,1-3H3. The van der Waals surface area contributed by atoms with Crippen LogP contribution < -0.4 is 11.5 Å². The van der Waals surface area contributed by atoms with E-state index in [1.54, 1.807) is 0 Å². The second kappa shape index (κ2) is 3.49. The summed E-state index contributed by atoms with van der Waals surface area (Å²) in [7, 11) is 0. The zero-order valence-electron chi connectivity index (χ0n) is 9.61. The third-order valence-corrected chi connectivity index (χ3v) is 5.03. The zero-order chi connectivity index (χ0) is 10.5. The summed E-state index contributed by atoms with van der Waals surface area (Å²) in [4.78, 5) is 0. The van der Waals surface area contributed by atoms with Gasteiger partial charge < -0.3 is 11.5 Å². The van der Waals surface area contributed by atoms with Crippen LogP contribution in [0.1, 0.15) is 33.6 Å². The molecule has 0 aliphatic heterocycles. The lowest BCUT2D eigenvalue weighted by Gasteiger charge is -2.36. The number of fused-ring (bicyclic) bond motifs is 2. The number of rotatable bonds is 2. The fraction of sp³-hybridized carbons (Fsp3) is 1.00. The van der Waals surface area contributed by atoms with Crippen LogP contribution in [0.2, 0.25) is 0 Å². The molecule has 7 unspecified atom stereocenters. The molecule has 2 bridgehead atoms. The average Bonchev–Trinajstić information content (AvgIpc) is 2.66. The summed E-state index contributed by atoms with van der Waals surface area (Å²) in [6.07, 6.45) is 2.70. The molecule has 0 aromatic heterocycles. The highest BCUT2D eigenvalue weighted by Crippen LogP contribution is 2.53. The van der Waals surface area contributed by atoms with E-state index in [1.807, 2.05) is 0 Å². The van der Waals surface area contributed by atoms with Crippen LogP contribution in [0.3, 0.4) is 0 Å². The van der Waals surface area contributed by atoms with Gasteiger partial charge in [0.15, 0.2) is 0 Å². The summed E-state index contributed by atoms with van der Waals surface area (Å²) in [5.41, 5.74) is 12.2. The Morgan fingerprint density at radius 1 is 1.21 bits per heavy atom. The Kier molecular flexibility index (Phi) is 2.61. The van der Waals surface area contributed by atoms with Gasteiger partial charge in [0.25, 0.3) is 0 Å². The lowest BCUT2D eigenvalue weighted by atomic mass is 9.72. The van der Waals surface area contributed by atoms with Crippen LogP contribution in [-0.4, -0.2) is 12.1 Å². The van der Waals surface area contributed by atoms with Crippen molar-refractivity contribution in [3.05, 3.63) is 0 Å². The monoisotopic (exact) mass is 196 g/mol. The molecule has 2 fully saturated rings. The Morgan fingerprint density at radius 3 is 2.29 bits per heavy atom. The van der Waals surface area contributed by atoms with Crippen LogP contribution in [0.15, 0.2) is 0 Å². The van der Waals surface area contributed by atoms with Gasteiger partial charge in [0, 0.05) is 12.1 Å². The van der Waals surface area contributed by atoms with Gasteiger partial charge in [0.05, 0.1) is 0 Å². The average molecular weight is 196 g/mol. The molecule has 14 heavy (non-hydrogen) atoms. The van der Waals surface area contributed by atoms with Gasteiger partial charge in [0.1, 0.15) is 0 Å². The van der Waals surface area contributed by atoms with Gasteiger partial charge in [0.2, 0.25) is 0 Å². The molecule has 0 amide bonds. The highest BCUT2D eigenvalue weighted by molar-refractivity contribution is 5.03. The molecule has 7 atom stereocenters. The lowest BCUT2D eigenvalue weighted by molar-refractivity contribution is 0.158. The van der Waals surface area contributed by atoms with Crippen molar-refractivity contribution in [2.75, 3.05) is 0 Å². The zero-order valence-corrected chi connectivity index (χ0v) is 9.61. The summed E-state index contributed by atoms with van der Waals surface area (Å²) < 4.78 is 0. The molecule has 0 spiro atoms. The van der Waals surface area contributed by atoms with Gasteiger partial charge in [-0.3, -0.25) is 0 Å². The van der Waals surface area contributed by atoms with E-state index in [1.165, 1.54) is 12.8 Å². The van der Waals surface area contributed by atoms with Crippen LogP contribution in [-0.2, 0) is 0 Å². The maximum absolute atomic E-state index is 6.17. The number of hydrogen-bond acceptors (Lipinski definition) is 2. The van der Waals surface area contributed by atoms with Gasteiger partial charge >= 0.3 is 0 Å². The molecule has 0 aromatic rings. The van der Waals surface area contributed by atoms with Crippen molar-refractivity contribution >= 4 is 0 Å². The van der Waals surface area contributed by atoms with Crippen LogP contribution in [0, 0.1) is 29.6 Å². The first-order chi connectivity index (χ1) is 6.52. The molecular formula is C12H24N2. The first-order valence-corrected chi connectivity index (χ1v) is 6.03. The Labute approximate surface area is 87.4 Å². The molecule has 82 valence electrons. The summed E-state index contributed by atoms with van der Waals surface area (Å²) in [5, 5.41) is 0. The van der Waals surface area contributed by atoms with E-state index in [-0.39, 0.29) is 0 Å². The van der Waals surface area contributed by atoms with Crippen LogP contribution >= 0.6 is 0 Å². The number of hydrogen-bond donors (Lipinski definition) is 2. The van der Waals surface area contributed by atoms with Crippen molar-refractivity contribution in [3.8, 4) is 0 Å². The second-order valence-corrected chi connectivity index (χ2v) is 5.71. The van der Waals surface area contributed by atoms with Crippen molar-refractivity contribution in [2.24, 2.45) is 41.1 Å². The molecule has 2 heteroatoms. The van der Waals surface area contributed by atoms with Gasteiger partial charge in [-0.05, 0) is 49.4 Å². The molecule has 0 heterocycles. The maximum Gasteiger partial charge on any atom is 0.00959 e. The number of nitrogens with two attached hydrogens (primary N) is 2. The third-order valence-electron chi connectivity index (χ3n) is 5.03. The summed E-state index contributed by atoms with van der Waals surface area (Å²) >= 11 is 0. The fourth-order valence-corrected chi connectivity index (χ4v) is 3.77. The Bertz CT molecular complexity index is 212. The molecule has 2 saturated carbocycles. The van der Waals surface area contributed by atoms with Crippen LogP contribution in [0.5, 0.6) is 0 Å². The SMILES string of the molecule is CC(N)C(C)C1CC2CC1C(C)C2N. The third kappa shape index (κ3) is 1.40. The predicted molar refractivity (Wildman–Crippen MR) is 59.7 cm³/mol. The van der Waals surface area contributed by atoms with Crippen molar-refractivity contribution in [1.82, 2.24) is 0 Å². The van der Waals surface area contributed by atoms with Crippen molar-refractivity contribution in [2.45, 2.75) is 45.7 Å². The van der Waals surface area contributed by atoms with E-state index in [0.29, 0.717) is 18.0 Å². The van der Waals surface area contributed by atoms with E-state index >= 15 is 0 Å². The highest BCUT2D eigenvalue weighted by atomic mass is 14.8. The molecule has 2 nitrogen and oxygen atoms in total. The molecule has 0 saturated heterocycles. The first kappa shape index (κ1) is 10.4. The van der Waals surface area contributed by atoms with Gasteiger partial charge in [-0.25, -0.2) is 0 Å². The molecule has 2 rings (SSSR count). The Morgan fingerprint density at radius 2 is 1.86 bits per heavy atom. The minimum absolute atomic E-state index is 0.336.